The molecule has 2 aliphatic rings. The van der Waals surface area contributed by atoms with Gasteiger partial charge in [-0.3, -0.25) is 14.4 Å². The maximum Gasteiger partial charge on any atom is 0.307 e. The number of nitrogens with one attached hydrogen (secondary N) is 2. The molecule has 0 heterocycles. The Hall–Kier alpha value is -2.63. The van der Waals surface area contributed by atoms with Crippen LogP contribution in [0.15, 0.2) is 36.4 Å². The third-order valence-corrected chi connectivity index (χ3v) is 4.39. The maximum absolute atomic E-state index is 12.4. The average Bonchev–Trinajstić information content (AvgIpc) is 3.39. The van der Waals surface area contributed by atoms with Crippen LogP contribution in [0.2, 0.25) is 0 Å². The molecule has 1 saturated carbocycles. The van der Waals surface area contributed by atoms with Crippen LogP contribution in [-0.4, -0.2) is 28.9 Å². The molecular formula is C18H20N2O4. The van der Waals surface area contributed by atoms with E-state index in [1.54, 1.807) is 30.3 Å². The Morgan fingerprint density at radius 3 is 2.42 bits per heavy atom. The smallest absolute Gasteiger partial charge is 0.307 e. The van der Waals surface area contributed by atoms with E-state index in [1.165, 1.54) is 0 Å². The van der Waals surface area contributed by atoms with Crippen molar-refractivity contribution in [1.29, 1.82) is 0 Å². The number of amides is 2. The standard InChI is InChI=1S/C18H20N2O4/c21-16(19-12-8-9-12)11-4-3-5-13(10-11)20-17(22)14-6-1-2-7-15(14)18(23)24/h1-5,10,12,14-15H,6-9H2,(H,19,21)(H,20,22)(H,23,24)/t14-,15-/m0/s1. The number of hydrogen-bond acceptors (Lipinski definition) is 3. The third kappa shape index (κ3) is 3.82. The third-order valence-electron chi connectivity index (χ3n) is 4.39. The molecule has 1 fully saturated rings. The molecule has 3 N–H and O–H groups in total. The van der Waals surface area contributed by atoms with Crippen LogP contribution in [0.3, 0.4) is 0 Å². The summed E-state index contributed by atoms with van der Waals surface area (Å²) >= 11 is 0. The summed E-state index contributed by atoms with van der Waals surface area (Å²) in [6.45, 7) is 0. The topological polar surface area (TPSA) is 95.5 Å². The molecule has 1 aromatic rings. The van der Waals surface area contributed by atoms with Gasteiger partial charge >= 0.3 is 5.97 Å². The van der Waals surface area contributed by atoms with E-state index < -0.39 is 17.8 Å². The SMILES string of the molecule is O=C(NC1CC1)c1cccc(NC(=O)[C@H]2CC=CC[C@@H]2C(=O)O)c1. The van der Waals surface area contributed by atoms with Gasteiger partial charge in [0.2, 0.25) is 5.91 Å². The van der Waals surface area contributed by atoms with E-state index in [2.05, 4.69) is 10.6 Å². The van der Waals surface area contributed by atoms with Crippen molar-refractivity contribution in [3.05, 3.63) is 42.0 Å². The second kappa shape index (κ2) is 6.86. The average molecular weight is 328 g/mol. The Kier molecular flexibility index (Phi) is 4.64. The van der Waals surface area contributed by atoms with Crippen LogP contribution < -0.4 is 10.6 Å². The van der Waals surface area contributed by atoms with Gasteiger partial charge in [0.1, 0.15) is 0 Å². The number of carboxylic acid groups (broad SMARTS) is 1. The number of aliphatic carboxylic acids is 1. The minimum atomic E-state index is -0.961. The summed E-state index contributed by atoms with van der Waals surface area (Å²) in [4.78, 5) is 35.8. The number of hydrogen-bond donors (Lipinski definition) is 3. The van der Waals surface area contributed by atoms with E-state index in [-0.39, 0.29) is 17.9 Å². The molecular weight excluding hydrogens is 308 g/mol. The minimum Gasteiger partial charge on any atom is -0.481 e. The fourth-order valence-corrected chi connectivity index (χ4v) is 2.85. The van der Waals surface area contributed by atoms with Gasteiger partial charge in [-0.15, -0.1) is 0 Å². The second-order valence-electron chi connectivity index (χ2n) is 6.31. The molecule has 2 amide bonds. The molecule has 1 aromatic carbocycles. The number of allylic oxidation sites excluding steroid dienone is 2. The Morgan fingerprint density at radius 1 is 1.04 bits per heavy atom. The van der Waals surface area contributed by atoms with Crippen LogP contribution >= 0.6 is 0 Å². The highest BCUT2D eigenvalue weighted by Gasteiger charge is 2.34. The van der Waals surface area contributed by atoms with Gasteiger partial charge in [0.15, 0.2) is 0 Å². The Balaban J connectivity index is 1.68. The number of carboxylic acids is 1. The molecule has 0 aromatic heterocycles. The normalized spacial score (nSPS) is 22.7. The van der Waals surface area contributed by atoms with Crippen LogP contribution in [0.4, 0.5) is 5.69 Å². The molecule has 0 spiro atoms. The van der Waals surface area contributed by atoms with Gasteiger partial charge in [0.05, 0.1) is 11.8 Å². The van der Waals surface area contributed by atoms with Crippen LogP contribution in [0.25, 0.3) is 0 Å². The summed E-state index contributed by atoms with van der Waals surface area (Å²) in [5.41, 5.74) is 0.986. The summed E-state index contributed by atoms with van der Waals surface area (Å²) in [6, 6.07) is 6.97. The van der Waals surface area contributed by atoms with Crippen molar-refractivity contribution in [2.24, 2.45) is 11.8 Å². The Bertz CT molecular complexity index is 694. The number of rotatable bonds is 5. The molecule has 126 valence electrons. The summed E-state index contributed by atoms with van der Waals surface area (Å²) in [7, 11) is 0. The number of anilines is 1. The van der Waals surface area contributed by atoms with Crippen molar-refractivity contribution in [2.75, 3.05) is 5.32 Å². The van der Waals surface area contributed by atoms with E-state index in [0.717, 1.165) is 12.8 Å². The van der Waals surface area contributed by atoms with Gasteiger partial charge in [-0.05, 0) is 43.9 Å². The van der Waals surface area contributed by atoms with Crippen LogP contribution in [0, 0.1) is 11.8 Å². The van der Waals surface area contributed by atoms with Gasteiger partial charge in [0, 0.05) is 17.3 Å². The monoisotopic (exact) mass is 328 g/mol. The van der Waals surface area contributed by atoms with Crippen LogP contribution in [0.5, 0.6) is 0 Å². The van der Waals surface area contributed by atoms with Crippen molar-refractivity contribution in [2.45, 2.75) is 31.7 Å². The predicted molar refractivity (Wildman–Crippen MR) is 88.5 cm³/mol. The summed E-state index contributed by atoms with van der Waals surface area (Å²) in [5, 5.41) is 14.9. The highest BCUT2D eigenvalue weighted by atomic mass is 16.4. The molecule has 6 heteroatoms. The molecule has 3 rings (SSSR count). The summed E-state index contributed by atoms with van der Waals surface area (Å²) in [6.07, 6.45) is 6.42. The van der Waals surface area contributed by atoms with E-state index >= 15 is 0 Å². The van der Waals surface area contributed by atoms with Crippen molar-refractivity contribution in [3.63, 3.8) is 0 Å². The lowest BCUT2D eigenvalue weighted by Gasteiger charge is -2.24. The first-order valence-electron chi connectivity index (χ1n) is 8.14. The van der Waals surface area contributed by atoms with Gasteiger partial charge in [0.25, 0.3) is 5.91 Å². The molecule has 2 atom stereocenters. The molecule has 0 unspecified atom stereocenters. The Morgan fingerprint density at radius 2 is 1.75 bits per heavy atom. The number of benzene rings is 1. The molecule has 24 heavy (non-hydrogen) atoms. The lowest BCUT2D eigenvalue weighted by molar-refractivity contribution is -0.146. The summed E-state index contributed by atoms with van der Waals surface area (Å²) in [5.74, 6) is -2.76. The van der Waals surface area contributed by atoms with Crippen LogP contribution in [0.1, 0.15) is 36.0 Å². The minimum absolute atomic E-state index is 0.155. The first-order valence-corrected chi connectivity index (χ1v) is 8.14. The van der Waals surface area contributed by atoms with Gasteiger partial charge < -0.3 is 15.7 Å². The van der Waals surface area contributed by atoms with E-state index in [1.807, 2.05) is 6.08 Å². The zero-order chi connectivity index (χ0) is 17.1. The molecule has 0 bridgehead atoms. The fraction of sp³-hybridized carbons (Fsp3) is 0.389. The predicted octanol–water partition coefficient (Wildman–Crippen LogP) is 2.18. The van der Waals surface area contributed by atoms with Gasteiger partial charge in [-0.1, -0.05) is 18.2 Å². The van der Waals surface area contributed by atoms with Crippen molar-refractivity contribution < 1.29 is 19.5 Å². The summed E-state index contributed by atoms with van der Waals surface area (Å²) < 4.78 is 0. The lowest BCUT2D eigenvalue weighted by Crippen LogP contribution is -2.34. The zero-order valence-corrected chi connectivity index (χ0v) is 13.2. The quantitative estimate of drug-likeness (QED) is 0.722. The number of carbonyl (C=O) groups excluding carboxylic acids is 2. The van der Waals surface area contributed by atoms with Crippen LogP contribution in [-0.2, 0) is 9.59 Å². The Labute approximate surface area is 139 Å². The molecule has 0 aliphatic heterocycles. The molecule has 0 saturated heterocycles. The molecule has 6 nitrogen and oxygen atoms in total. The van der Waals surface area contributed by atoms with Crippen molar-refractivity contribution in [3.8, 4) is 0 Å². The first-order chi connectivity index (χ1) is 11.5. The highest BCUT2D eigenvalue weighted by molar-refractivity contribution is 5.98. The lowest BCUT2D eigenvalue weighted by atomic mass is 9.82. The van der Waals surface area contributed by atoms with E-state index in [9.17, 15) is 19.5 Å². The van der Waals surface area contributed by atoms with E-state index in [0.29, 0.717) is 24.1 Å². The van der Waals surface area contributed by atoms with Crippen molar-refractivity contribution >= 4 is 23.5 Å². The number of carbonyl (C=O) groups is 3. The largest absolute Gasteiger partial charge is 0.481 e. The molecule has 2 aliphatic carbocycles. The maximum atomic E-state index is 12.4. The van der Waals surface area contributed by atoms with Gasteiger partial charge in [-0.2, -0.15) is 0 Å². The van der Waals surface area contributed by atoms with Crippen molar-refractivity contribution in [1.82, 2.24) is 5.32 Å². The zero-order valence-electron chi connectivity index (χ0n) is 13.2. The highest BCUT2D eigenvalue weighted by Crippen LogP contribution is 2.27. The first kappa shape index (κ1) is 16.2. The van der Waals surface area contributed by atoms with Gasteiger partial charge in [-0.25, -0.2) is 0 Å². The fourth-order valence-electron chi connectivity index (χ4n) is 2.85. The van der Waals surface area contributed by atoms with E-state index in [4.69, 9.17) is 0 Å². The second-order valence-corrected chi connectivity index (χ2v) is 6.31. The molecule has 0 radical (unpaired) electrons.